The maximum absolute atomic E-state index is 6.32. The second kappa shape index (κ2) is 7.32. The Bertz CT molecular complexity index is 1070. The lowest BCUT2D eigenvalue weighted by molar-refractivity contribution is 0.298. The van der Waals surface area contributed by atoms with Gasteiger partial charge in [-0.1, -0.05) is 59.6 Å². The molecular formula is C21H14Cl2N2O. The fourth-order valence-electron chi connectivity index (χ4n) is 2.65. The summed E-state index contributed by atoms with van der Waals surface area (Å²) in [6.07, 6.45) is 0. The van der Waals surface area contributed by atoms with E-state index in [0.717, 1.165) is 22.0 Å². The van der Waals surface area contributed by atoms with Gasteiger partial charge in [0.2, 0.25) is 5.88 Å². The summed E-state index contributed by atoms with van der Waals surface area (Å²) in [6.45, 7) is 0.389. The topological polar surface area (TPSA) is 35.0 Å². The minimum atomic E-state index is 0.389. The number of nitrogens with zero attached hydrogens (tertiary/aromatic N) is 2. The van der Waals surface area contributed by atoms with Crippen molar-refractivity contribution < 1.29 is 4.74 Å². The Morgan fingerprint density at radius 3 is 2.31 bits per heavy atom. The van der Waals surface area contributed by atoms with E-state index in [1.54, 1.807) is 0 Å². The summed E-state index contributed by atoms with van der Waals surface area (Å²) in [5.41, 5.74) is 2.59. The van der Waals surface area contributed by atoms with E-state index >= 15 is 0 Å². The molecule has 4 aromatic rings. The molecule has 0 bridgehead atoms. The molecule has 3 aromatic carbocycles. The largest absolute Gasteiger partial charge is 0.472 e. The maximum Gasteiger partial charge on any atom is 0.225 e. The molecule has 0 amide bonds. The second-order valence-electron chi connectivity index (χ2n) is 5.76. The highest BCUT2D eigenvalue weighted by Crippen LogP contribution is 2.30. The Hall–Kier alpha value is -2.62. The van der Waals surface area contributed by atoms with Crippen LogP contribution in [0.4, 0.5) is 0 Å². The molecule has 1 aromatic heterocycles. The zero-order valence-corrected chi connectivity index (χ0v) is 15.2. The van der Waals surface area contributed by atoms with Crippen LogP contribution in [0.25, 0.3) is 22.3 Å². The van der Waals surface area contributed by atoms with Crippen molar-refractivity contribution in [2.24, 2.45) is 0 Å². The molecule has 4 rings (SSSR count). The molecule has 1 heterocycles. The zero-order chi connectivity index (χ0) is 17.9. The first-order valence-corrected chi connectivity index (χ1v) is 8.85. The van der Waals surface area contributed by atoms with Gasteiger partial charge in [0.25, 0.3) is 0 Å². The normalized spacial score (nSPS) is 10.8. The van der Waals surface area contributed by atoms with Gasteiger partial charge < -0.3 is 4.74 Å². The van der Waals surface area contributed by atoms with Crippen molar-refractivity contribution in [1.29, 1.82) is 0 Å². The summed E-state index contributed by atoms with van der Waals surface area (Å²) in [5, 5.41) is 2.16. The summed E-state index contributed by atoms with van der Waals surface area (Å²) in [7, 11) is 0. The van der Waals surface area contributed by atoms with Crippen LogP contribution in [0.1, 0.15) is 5.56 Å². The van der Waals surface area contributed by atoms with E-state index in [-0.39, 0.29) is 0 Å². The molecule has 5 heteroatoms. The number of halogens is 2. The quantitative estimate of drug-likeness (QED) is 0.423. The molecule has 3 nitrogen and oxygen atoms in total. The Morgan fingerprint density at radius 1 is 0.769 bits per heavy atom. The minimum Gasteiger partial charge on any atom is -0.472 e. The minimum absolute atomic E-state index is 0.389. The van der Waals surface area contributed by atoms with Crippen LogP contribution in [0.3, 0.4) is 0 Å². The highest BCUT2D eigenvalue weighted by atomic mass is 35.5. The van der Waals surface area contributed by atoms with Crippen molar-refractivity contribution in [3.63, 3.8) is 0 Å². The van der Waals surface area contributed by atoms with Crippen molar-refractivity contribution in [2.45, 2.75) is 6.61 Å². The van der Waals surface area contributed by atoms with Crippen LogP contribution in [0.2, 0.25) is 10.0 Å². The number of aromatic nitrogens is 2. The van der Waals surface area contributed by atoms with Crippen LogP contribution >= 0.6 is 23.2 Å². The number of rotatable bonds is 4. The van der Waals surface area contributed by atoms with Gasteiger partial charge in [0.05, 0.1) is 15.9 Å². The van der Waals surface area contributed by atoms with Crippen LogP contribution < -0.4 is 4.74 Å². The third kappa shape index (κ3) is 3.50. The molecule has 26 heavy (non-hydrogen) atoms. The van der Waals surface area contributed by atoms with Gasteiger partial charge in [-0.05, 0) is 42.0 Å². The van der Waals surface area contributed by atoms with E-state index in [4.69, 9.17) is 27.9 Å². The molecule has 0 N–H and O–H groups in total. The number of ether oxygens (including phenoxy) is 1. The molecule has 128 valence electrons. The fourth-order valence-corrected chi connectivity index (χ4v) is 3.00. The zero-order valence-electron chi connectivity index (χ0n) is 13.7. The molecule has 0 fully saturated rings. The number of hydrogen-bond acceptors (Lipinski definition) is 3. The molecule has 0 radical (unpaired) electrons. The van der Waals surface area contributed by atoms with Crippen molar-refractivity contribution in [1.82, 2.24) is 9.97 Å². The van der Waals surface area contributed by atoms with Gasteiger partial charge in [0, 0.05) is 10.6 Å². The summed E-state index contributed by atoms with van der Waals surface area (Å²) < 4.78 is 6.01. The van der Waals surface area contributed by atoms with Crippen LogP contribution in [0, 0.1) is 0 Å². The Labute approximate surface area is 161 Å². The molecule has 0 spiro atoms. The van der Waals surface area contributed by atoms with Crippen LogP contribution in [0.15, 0.2) is 72.8 Å². The summed E-state index contributed by atoms with van der Waals surface area (Å²) in [4.78, 5) is 9.26. The van der Waals surface area contributed by atoms with Gasteiger partial charge >= 0.3 is 0 Å². The third-order valence-corrected chi connectivity index (χ3v) is 4.55. The molecule has 0 unspecified atom stereocenters. The molecule has 0 aliphatic heterocycles. The molecule has 0 atom stereocenters. The van der Waals surface area contributed by atoms with Crippen molar-refractivity contribution in [2.75, 3.05) is 0 Å². The maximum atomic E-state index is 6.32. The van der Waals surface area contributed by atoms with E-state index in [1.807, 2.05) is 72.8 Å². The number of para-hydroxylation sites is 1. The molecule has 0 aliphatic carbocycles. The average molecular weight is 381 g/mol. The second-order valence-corrected chi connectivity index (χ2v) is 6.61. The van der Waals surface area contributed by atoms with Crippen LogP contribution in [0.5, 0.6) is 5.88 Å². The van der Waals surface area contributed by atoms with Crippen molar-refractivity contribution in [3.05, 3.63) is 88.4 Å². The Balaban J connectivity index is 1.75. The molecule has 0 saturated heterocycles. The lowest BCUT2D eigenvalue weighted by atomic mass is 10.2. The number of benzene rings is 3. The average Bonchev–Trinajstić information content (AvgIpc) is 2.67. The van der Waals surface area contributed by atoms with E-state index in [2.05, 4.69) is 9.97 Å². The number of fused-ring (bicyclic) bond motifs is 1. The lowest BCUT2D eigenvalue weighted by Crippen LogP contribution is -2.01. The summed E-state index contributed by atoms with van der Waals surface area (Å²) >= 11 is 12.3. The molecule has 0 aliphatic rings. The standard InChI is InChI=1S/C21H14Cl2N2O/c22-15-11-9-14(10-12-15)13-26-21-17-6-2-4-8-19(17)24-20(25-21)16-5-1-3-7-18(16)23/h1-12H,13H2. The van der Waals surface area contributed by atoms with Crippen molar-refractivity contribution in [3.8, 4) is 17.3 Å². The van der Waals surface area contributed by atoms with E-state index in [9.17, 15) is 0 Å². The van der Waals surface area contributed by atoms with Gasteiger partial charge in [-0.25, -0.2) is 4.98 Å². The molecular weight excluding hydrogens is 367 g/mol. The first-order chi connectivity index (χ1) is 12.7. The Kier molecular flexibility index (Phi) is 4.74. The summed E-state index contributed by atoms with van der Waals surface area (Å²) in [6, 6.07) is 22.8. The number of hydrogen-bond donors (Lipinski definition) is 0. The first kappa shape index (κ1) is 16.8. The van der Waals surface area contributed by atoms with Gasteiger partial charge in [-0.2, -0.15) is 4.98 Å². The fraction of sp³-hybridized carbons (Fsp3) is 0.0476. The highest BCUT2D eigenvalue weighted by Gasteiger charge is 2.12. The Morgan fingerprint density at radius 2 is 1.50 bits per heavy atom. The predicted molar refractivity (Wildman–Crippen MR) is 106 cm³/mol. The first-order valence-electron chi connectivity index (χ1n) is 8.09. The van der Waals surface area contributed by atoms with Gasteiger partial charge in [-0.3, -0.25) is 0 Å². The SMILES string of the molecule is Clc1ccc(COc2nc(-c3ccccc3Cl)nc3ccccc23)cc1. The predicted octanol–water partition coefficient (Wildman–Crippen LogP) is 6.18. The van der Waals surface area contributed by atoms with Crippen LogP contribution in [-0.2, 0) is 6.61 Å². The van der Waals surface area contributed by atoms with Gasteiger partial charge in [0.15, 0.2) is 5.82 Å². The van der Waals surface area contributed by atoms with E-state index in [0.29, 0.717) is 28.4 Å². The van der Waals surface area contributed by atoms with Crippen LogP contribution in [-0.4, -0.2) is 9.97 Å². The highest BCUT2D eigenvalue weighted by molar-refractivity contribution is 6.33. The van der Waals surface area contributed by atoms with E-state index < -0.39 is 0 Å². The lowest BCUT2D eigenvalue weighted by Gasteiger charge is -2.11. The third-order valence-electron chi connectivity index (χ3n) is 3.97. The van der Waals surface area contributed by atoms with Gasteiger partial charge in [-0.15, -0.1) is 0 Å². The molecule has 0 saturated carbocycles. The smallest absolute Gasteiger partial charge is 0.225 e. The van der Waals surface area contributed by atoms with Crippen molar-refractivity contribution >= 4 is 34.1 Å². The van der Waals surface area contributed by atoms with E-state index in [1.165, 1.54) is 0 Å². The monoisotopic (exact) mass is 380 g/mol. The summed E-state index contributed by atoms with van der Waals surface area (Å²) in [5.74, 6) is 1.07. The van der Waals surface area contributed by atoms with Gasteiger partial charge in [0.1, 0.15) is 6.61 Å².